The number of piperidine rings is 1. The zero-order valence-electron chi connectivity index (χ0n) is 15.1. The van der Waals surface area contributed by atoms with Gasteiger partial charge in [-0.1, -0.05) is 6.42 Å². The average Bonchev–Trinajstić information content (AvgIpc) is 2.60. The topological polar surface area (TPSA) is 60.0 Å². The van der Waals surface area contributed by atoms with Crippen molar-refractivity contribution in [1.82, 2.24) is 4.90 Å². The number of hydrogen-bond donors (Lipinski definition) is 1. The molecule has 0 bridgehead atoms. The van der Waals surface area contributed by atoms with Gasteiger partial charge in [-0.2, -0.15) is 0 Å². The van der Waals surface area contributed by atoms with Crippen LogP contribution in [0, 0.1) is 0 Å². The third-order valence-corrected chi connectivity index (χ3v) is 4.52. The molecule has 1 aliphatic heterocycles. The van der Waals surface area contributed by atoms with Crippen molar-refractivity contribution in [2.24, 2.45) is 0 Å². The second-order valence-electron chi connectivity index (χ2n) is 6.09. The van der Waals surface area contributed by atoms with Crippen LogP contribution >= 0.6 is 0 Å². The normalized spacial score (nSPS) is 18.1. The van der Waals surface area contributed by atoms with Gasteiger partial charge in [0.25, 0.3) is 0 Å². The Morgan fingerprint density at radius 2 is 1.83 bits per heavy atom. The first-order chi connectivity index (χ1) is 11.6. The molecule has 0 radical (unpaired) electrons. The molecule has 1 saturated heterocycles. The van der Waals surface area contributed by atoms with Gasteiger partial charge in [-0.05, 0) is 26.3 Å². The zero-order chi connectivity index (χ0) is 17.5. The van der Waals surface area contributed by atoms with Crippen LogP contribution in [-0.4, -0.2) is 51.3 Å². The van der Waals surface area contributed by atoms with Gasteiger partial charge in [-0.15, -0.1) is 0 Å². The molecule has 0 unspecified atom stereocenters. The standard InChI is InChI=1S/C18H28N2O4/c1-13-7-5-6-9-20(13)10-8-17(21)19-14-11-15(22-2)18(24-4)16(12-14)23-3/h11-13H,5-10H2,1-4H3,(H,19,21)/t13-/m0/s1. The first-order valence-electron chi connectivity index (χ1n) is 8.43. The average molecular weight is 336 g/mol. The summed E-state index contributed by atoms with van der Waals surface area (Å²) in [5.41, 5.74) is 0.640. The van der Waals surface area contributed by atoms with E-state index >= 15 is 0 Å². The minimum Gasteiger partial charge on any atom is -0.493 e. The smallest absolute Gasteiger partial charge is 0.225 e. The molecule has 1 atom stereocenters. The van der Waals surface area contributed by atoms with Gasteiger partial charge in [0.05, 0.1) is 21.3 Å². The fraction of sp³-hybridized carbons (Fsp3) is 0.611. The summed E-state index contributed by atoms with van der Waals surface area (Å²) in [5.74, 6) is 1.55. The SMILES string of the molecule is COc1cc(NC(=O)CCN2CCCC[C@@H]2C)cc(OC)c1OC. The lowest BCUT2D eigenvalue weighted by Gasteiger charge is -2.33. The van der Waals surface area contributed by atoms with Crippen molar-refractivity contribution in [1.29, 1.82) is 0 Å². The Morgan fingerprint density at radius 1 is 1.17 bits per heavy atom. The molecule has 1 fully saturated rings. The van der Waals surface area contributed by atoms with Gasteiger partial charge in [-0.25, -0.2) is 0 Å². The number of amides is 1. The molecular formula is C18H28N2O4. The maximum absolute atomic E-state index is 12.3. The minimum atomic E-state index is -0.0120. The Morgan fingerprint density at radius 3 is 2.38 bits per heavy atom. The number of hydrogen-bond acceptors (Lipinski definition) is 5. The van der Waals surface area contributed by atoms with E-state index in [1.54, 1.807) is 33.5 Å². The molecule has 1 aliphatic rings. The van der Waals surface area contributed by atoms with E-state index < -0.39 is 0 Å². The molecule has 0 aromatic heterocycles. The molecule has 1 aromatic carbocycles. The van der Waals surface area contributed by atoms with Crippen LogP contribution < -0.4 is 19.5 Å². The quantitative estimate of drug-likeness (QED) is 0.829. The molecular weight excluding hydrogens is 308 g/mol. The van der Waals surface area contributed by atoms with Crippen LogP contribution in [0.1, 0.15) is 32.6 Å². The lowest BCUT2D eigenvalue weighted by Crippen LogP contribution is -2.39. The molecule has 1 heterocycles. The minimum absolute atomic E-state index is 0.0120. The first kappa shape index (κ1) is 18.4. The summed E-state index contributed by atoms with van der Waals surface area (Å²) in [4.78, 5) is 14.7. The fourth-order valence-corrected chi connectivity index (χ4v) is 3.11. The highest BCUT2D eigenvalue weighted by Crippen LogP contribution is 2.39. The van der Waals surface area contributed by atoms with Crippen molar-refractivity contribution < 1.29 is 19.0 Å². The zero-order valence-corrected chi connectivity index (χ0v) is 15.1. The lowest BCUT2D eigenvalue weighted by atomic mass is 10.0. The van der Waals surface area contributed by atoms with Crippen LogP contribution in [0.2, 0.25) is 0 Å². The summed E-state index contributed by atoms with van der Waals surface area (Å²) in [7, 11) is 4.67. The van der Waals surface area contributed by atoms with E-state index in [4.69, 9.17) is 14.2 Å². The van der Waals surface area contributed by atoms with Crippen molar-refractivity contribution in [3.05, 3.63) is 12.1 Å². The number of carbonyl (C=O) groups is 1. The molecule has 24 heavy (non-hydrogen) atoms. The van der Waals surface area contributed by atoms with Crippen LogP contribution in [0.15, 0.2) is 12.1 Å². The summed E-state index contributed by atoms with van der Waals surface area (Å²) in [6.07, 6.45) is 4.20. The molecule has 0 aliphatic carbocycles. The van der Waals surface area contributed by atoms with Crippen molar-refractivity contribution in [3.63, 3.8) is 0 Å². The van der Waals surface area contributed by atoms with Gasteiger partial charge >= 0.3 is 0 Å². The van der Waals surface area contributed by atoms with Crippen LogP contribution in [0.3, 0.4) is 0 Å². The molecule has 1 N–H and O–H groups in total. The van der Waals surface area contributed by atoms with Gasteiger partial charge in [0, 0.05) is 36.8 Å². The van der Waals surface area contributed by atoms with Gasteiger partial charge in [0.2, 0.25) is 11.7 Å². The number of benzene rings is 1. The number of likely N-dealkylation sites (tertiary alicyclic amines) is 1. The Labute approximate surface area is 144 Å². The highest BCUT2D eigenvalue weighted by atomic mass is 16.5. The van der Waals surface area contributed by atoms with Crippen molar-refractivity contribution >= 4 is 11.6 Å². The largest absolute Gasteiger partial charge is 0.493 e. The van der Waals surface area contributed by atoms with E-state index in [1.165, 1.54) is 19.3 Å². The van der Waals surface area contributed by atoms with E-state index in [-0.39, 0.29) is 5.91 Å². The number of rotatable bonds is 7. The maximum Gasteiger partial charge on any atom is 0.225 e. The fourth-order valence-electron chi connectivity index (χ4n) is 3.11. The first-order valence-corrected chi connectivity index (χ1v) is 8.43. The van der Waals surface area contributed by atoms with Gasteiger partial charge in [0.15, 0.2) is 11.5 Å². The summed E-state index contributed by atoms with van der Waals surface area (Å²) in [6, 6.07) is 4.04. The maximum atomic E-state index is 12.3. The molecule has 1 aromatic rings. The third-order valence-electron chi connectivity index (χ3n) is 4.52. The molecule has 0 spiro atoms. The Balaban J connectivity index is 1.98. The summed E-state index contributed by atoms with van der Waals surface area (Å²) >= 11 is 0. The van der Waals surface area contributed by atoms with Gasteiger partial charge in [-0.3, -0.25) is 4.79 Å². The summed E-state index contributed by atoms with van der Waals surface area (Å²) in [6.45, 7) is 4.10. The predicted octanol–water partition coefficient (Wildman–Crippen LogP) is 2.92. The number of carbonyl (C=O) groups excluding carboxylic acids is 1. The van der Waals surface area contributed by atoms with Crippen LogP contribution in [0.4, 0.5) is 5.69 Å². The second-order valence-corrected chi connectivity index (χ2v) is 6.09. The molecule has 0 saturated carbocycles. The van der Waals surface area contributed by atoms with Crippen LogP contribution in [-0.2, 0) is 4.79 Å². The highest BCUT2D eigenvalue weighted by Gasteiger charge is 2.19. The summed E-state index contributed by atoms with van der Waals surface area (Å²) in [5, 5.41) is 2.92. The summed E-state index contributed by atoms with van der Waals surface area (Å²) < 4.78 is 15.9. The second kappa shape index (κ2) is 8.78. The molecule has 6 nitrogen and oxygen atoms in total. The Bertz CT molecular complexity index is 537. The van der Waals surface area contributed by atoms with Crippen LogP contribution in [0.25, 0.3) is 0 Å². The molecule has 1 amide bonds. The monoisotopic (exact) mass is 336 g/mol. The number of nitrogens with zero attached hydrogens (tertiary/aromatic N) is 1. The number of anilines is 1. The number of methoxy groups -OCH3 is 3. The van der Waals surface area contributed by atoms with E-state index in [1.807, 2.05) is 0 Å². The van der Waals surface area contributed by atoms with E-state index in [2.05, 4.69) is 17.1 Å². The van der Waals surface area contributed by atoms with Crippen molar-refractivity contribution in [3.8, 4) is 17.2 Å². The highest BCUT2D eigenvalue weighted by molar-refractivity contribution is 5.91. The van der Waals surface area contributed by atoms with Crippen LogP contribution in [0.5, 0.6) is 17.2 Å². The van der Waals surface area contributed by atoms with Gasteiger partial charge in [0.1, 0.15) is 0 Å². The lowest BCUT2D eigenvalue weighted by molar-refractivity contribution is -0.116. The number of nitrogens with one attached hydrogen (secondary N) is 1. The predicted molar refractivity (Wildman–Crippen MR) is 94.2 cm³/mol. The molecule has 2 rings (SSSR count). The molecule has 6 heteroatoms. The van der Waals surface area contributed by atoms with Gasteiger partial charge < -0.3 is 24.4 Å². The van der Waals surface area contributed by atoms with Crippen molar-refractivity contribution in [2.45, 2.75) is 38.6 Å². The Kier molecular flexibility index (Phi) is 6.73. The Hall–Kier alpha value is -1.95. The van der Waals surface area contributed by atoms with E-state index in [0.717, 1.165) is 13.1 Å². The van der Waals surface area contributed by atoms with E-state index in [9.17, 15) is 4.79 Å². The van der Waals surface area contributed by atoms with Crippen molar-refractivity contribution in [2.75, 3.05) is 39.7 Å². The van der Waals surface area contributed by atoms with E-state index in [0.29, 0.717) is 35.4 Å². The molecule has 134 valence electrons. The number of ether oxygens (including phenoxy) is 3. The third kappa shape index (κ3) is 4.54.